The monoisotopic (exact) mass is 355 g/mol. The molecule has 2 unspecified atom stereocenters. The van der Waals surface area contributed by atoms with Crippen LogP contribution in [0.4, 0.5) is 0 Å². The topological polar surface area (TPSA) is 58.6 Å². The maximum atomic E-state index is 10.5. The predicted molar refractivity (Wildman–Crippen MR) is 85.8 cm³/mol. The fraction of sp³-hybridized carbons (Fsp3) is 0.562. The van der Waals surface area contributed by atoms with Gasteiger partial charge in [-0.3, -0.25) is 4.79 Å². The average molecular weight is 356 g/mol. The van der Waals surface area contributed by atoms with Gasteiger partial charge in [-0.2, -0.15) is 0 Å². The van der Waals surface area contributed by atoms with E-state index in [1.54, 1.807) is 0 Å². The summed E-state index contributed by atoms with van der Waals surface area (Å²) in [6, 6.07) is 6.12. The third-order valence-electron chi connectivity index (χ3n) is 3.80. The smallest absolute Gasteiger partial charge is 0.303 e. The summed E-state index contributed by atoms with van der Waals surface area (Å²) in [4.78, 5) is 10.5. The number of carboxylic acids is 1. The number of ether oxygens (including phenoxy) is 1. The second kappa shape index (κ2) is 7.80. The Morgan fingerprint density at radius 1 is 1.52 bits per heavy atom. The quantitative estimate of drug-likeness (QED) is 0.702. The number of rotatable bonds is 8. The number of hydrogen-bond acceptors (Lipinski definition) is 3. The van der Waals surface area contributed by atoms with E-state index < -0.39 is 5.97 Å². The molecule has 116 valence electrons. The summed E-state index contributed by atoms with van der Waals surface area (Å²) in [6.45, 7) is 3.84. The lowest BCUT2D eigenvalue weighted by Crippen LogP contribution is -2.31. The van der Waals surface area contributed by atoms with Crippen LogP contribution in [-0.4, -0.2) is 30.3 Å². The van der Waals surface area contributed by atoms with E-state index in [9.17, 15) is 4.79 Å². The van der Waals surface area contributed by atoms with Gasteiger partial charge < -0.3 is 15.2 Å². The minimum atomic E-state index is -0.710. The molecule has 5 heteroatoms. The molecule has 0 amide bonds. The van der Waals surface area contributed by atoms with Crippen LogP contribution in [0.1, 0.15) is 31.7 Å². The Morgan fingerprint density at radius 2 is 2.33 bits per heavy atom. The zero-order chi connectivity index (χ0) is 15.2. The van der Waals surface area contributed by atoms with Gasteiger partial charge in [-0.05, 0) is 49.1 Å². The van der Waals surface area contributed by atoms with Gasteiger partial charge in [-0.15, -0.1) is 0 Å². The molecule has 0 fully saturated rings. The zero-order valence-corrected chi connectivity index (χ0v) is 13.9. The molecule has 1 aliphatic heterocycles. The van der Waals surface area contributed by atoms with Crippen molar-refractivity contribution in [2.75, 3.05) is 13.1 Å². The molecule has 4 nitrogen and oxygen atoms in total. The number of nitrogens with one attached hydrogen (secondary N) is 1. The molecule has 0 aromatic heterocycles. The van der Waals surface area contributed by atoms with Gasteiger partial charge in [0.05, 0.1) is 0 Å². The summed E-state index contributed by atoms with van der Waals surface area (Å²) < 4.78 is 6.98. The zero-order valence-electron chi connectivity index (χ0n) is 12.3. The molecule has 0 saturated heterocycles. The Labute approximate surface area is 134 Å². The van der Waals surface area contributed by atoms with Gasteiger partial charge in [0.15, 0.2) is 0 Å². The lowest BCUT2D eigenvalue weighted by Gasteiger charge is -2.14. The Morgan fingerprint density at radius 3 is 3.10 bits per heavy atom. The van der Waals surface area contributed by atoms with Crippen LogP contribution in [0.25, 0.3) is 0 Å². The van der Waals surface area contributed by atoms with E-state index in [1.165, 1.54) is 5.56 Å². The van der Waals surface area contributed by atoms with E-state index in [2.05, 4.69) is 34.2 Å². The second-order valence-electron chi connectivity index (χ2n) is 5.73. The van der Waals surface area contributed by atoms with Crippen LogP contribution < -0.4 is 10.1 Å². The highest BCUT2D eigenvalue weighted by Gasteiger charge is 2.22. The molecule has 2 atom stereocenters. The van der Waals surface area contributed by atoms with Crippen molar-refractivity contribution in [2.45, 2.75) is 38.7 Å². The maximum Gasteiger partial charge on any atom is 0.303 e. The minimum absolute atomic E-state index is 0.198. The first-order valence-electron chi connectivity index (χ1n) is 7.42. The van der Waals surface area contributed by atoms with Crippen LogP contribution in [0.3, 0.4) is 0 Å². The van der Waals surface area contributed by atoms with Gasteiger partial charge in [0.1, 0.15) is 11.9 Å². The van der Waals surface area contributed by atoms with Crippen LogP contribution in [0.2, 0.25) is 0 Å². The first-order chi connectivity index (χ1) is 10.0. The fourth-order valence-electron chi connectivity index (χ4n) is 2.53. The van der Waals surface area contributed by atoms with Gasteiger partial charge in [0.25, 0.3) is 0 Å². The first-order valence-corrected chi connectivity index (χ1v) is 8.21. The summed E-state index contributed by atoms with van der Waals surface area (Å²) in [6.07, 6.45) is 3.14. The Balaban J connectivity index is 1.61. The van der Waals surface area contributed by atoms with E-state index >= 15 is 0 Å². The van der Waals surface area contributed by atoms with E-state index in [1.807, 2.05) is 12.1 Å². The lowest BCUT2D eigenvalue weighted by atomic mass is 10.0. The van der Waals surface area contributed by atoms with Gasteiger partial charge in [0.2, 0.25) is 0 Å². The number of carbonyl (C=O) groups is 1. The van der Waals surface area contributed by atoms with Crippen molar-refractivity contribution in [3.63, 3.8) is 0 Å². The molecule has 1 heterocycles. The fourth-order valence-corrected chi connectivity index (χ4v) is 2.94. The second-order valence-corrected chi connectivity index (χ2v) is 6.64. The van der Waals surface area contributed by atoms with Crippen LogP contribution in [0.15, 0.2) is 22.7 Å². The average Bonchev–Trinajstić information content (AvgIpc) is 2.83. The molecule has 0 aliphatic carbocycles. The maximum absolute atomic E-state index is 10.5. The Kier molecular flexibility index (Phi) is 6.06. The summed E-state index contributed by atoms with van der Waals surface area (Å²) in [7, 11) is 0. The van der Waals surface area contributed by atoms with E-state index in [4.69, 9.17) is 9.84 Å². The normalized spacial score (nSPS) is 18.1. The van der Waals surface area contributed by atoms with E-state index in [0.717, 1.165) is 42.6 Å². The third kappa shape index (κ3) is 5.32. The molecular formula is C16H22BrNO3. The molecular weight excluding hydrogens is 334 g/mol. The summed E-state index contributed by atoms with van der Waals surface area (Å²) >= 11 is 3.48. The van der Waals surface area contributed by atoms with Gasteiger partial charge in [-0.25, -0.2) is 0 Å². The number of benzene rings is 1. The molecule has 0 bridgehead atoms. The first kappa shape index (κ1) is 16.3. The third-order valence-corrected chi connectivity index (χ3v) is 4.29. The number of carboxylic acid groups (broad SMARTS) is 1. The van der Waals surface area contributed by atoms with Gasteiger partial charge in [0, 0.05) is 23.9 Å². The van der Waals surface area contributed by atoms with Crippen molar-refractivity contribution in [3.8, 4) is 5.75 Å². The molecule has 1 aliphatic rings. The van der Waals surface area contributed by atoms with Crippen molar-refractivity contribution in [3.05, 3.63) is 28.2 Å². The Bertz CT molecular complexity index is 492. The highest BCUT2D eigenvalue weighted by Crippen LogP contribution is 2.30. The number of hydrogen-bond donors (Lipinski definition) is 2. The summed E-state index contributed by atoms with van der Waals surface area (Å²) in [5.74, 6) is 0.712. The molecule has 0 radical (unpaired) electrons. The number of fused-ring (bicyclic) bond motifs is 1. The molecule has 1 aromatic carbocycles. The van der Waals surface area contributed by atoms with Gasteiger partial charge in [-0.1, -0.05) is 22.9 Å². The largest absolute Gasteiger partial charge is 0.488 e. The SMILES string of the molecule is CC(CCNCC1Cc2cc(Br)ccc2O1)CCC(=O)O. The van der Waals surface area contributed by atoms with Crippen molar-refractivity contribution in [2.24, 2.45) is 5.92 Å². The van der Waals surface area contributed by atoms with Gasteiger partial charge >= 0.3 is 5.97 Å². The molecule has 2 N–H and O–H groups in total. The number of halogens is 1. The summed E-state index contributed by atoms with van der Waals surface area (Å²) in [5.41, 5.74) is 1.26. The van der Waals surface area contributed by atoms with Crippen LogP contribution in [0, 0.1) is 5.92 Å². The van der Waals surface area contributed by atoms with Crippen molar-refractivity contribution in [1.29, 1.82) is 0 Å². The van der Waals surface area contributed by atoms with Crippen molar-refractivity contribution < 1.29 is 14.6 Å². The Hall–Kier alpha value is -1.07. The molecule has 0 spiro atoms. The predicted octanol–water partition coefficient (Wildman–Crippen LogP) is 3.23. The standard InChI is InChI=1S/C16H22BrNO3/c1-11(2-5-16(19)20)6-7-18-10-14-9-12-8-13(17)3-4-15(12)21-14/h3-4,8,11,14,18H,2,5-7,9-10H2,1H3,(H,19,20). The molecule has 2 rings (SSSR count). The van der Waals surface area contributed by atoms with Crippen LogP contribution >= 0.6 is 15.9 Å². The number of aliphatic carboxylic acids is 1. The highest BCUT2D eigenvalue weighted by atomic mass is 79.9. The van der Waals surface area contributed by atoms with E-state index in [-0.39, 0.29) is 12.5 Å². The van der Waals surface area contributed by atoms with Crippen LogP contribution in [-0.2, 0) is 11.2 Å². The van der Waals surface area contributed by atoms with Crippen molar-refractivity contribution in [1.82, 2.24) is 5.32 Å². The minimum Gasteiger partial charge on any atom is -0.488 e. The van der Waals surface area contributed by atoms with Crippen molar-refractivity contribution >= 4 is 21.9 Å². The molecule has 0 saturated carbocycles. The van der Waals surface area contributed by atoms with Crippen LogP contribution in [0.5, 0.6) is 5.75 Å². The molecule has 21 heavy (non-hydrogen) atoms. The molecule has 1 aromatic rings. The summed E-state index contributed by atoms with van der Waals surface area (Å²) in [5, 5.41) is 12.1. The van der Waals surface area contributed by atoms with E-state index in [0.29, 0.717) is 5.92 Å². The highest BCUT2D eigenvalue weighted by molar-refractivity contribution is 9.10. The lowest BCUT2D eigenvalue weighted by molar-refractivity contribution is -0.137.